The molecule has 0 spiro atoms. The third-order valence-corrected chi connectivity index (χ3v) is 2.37. The highest BCUT2D eigenvalue weighted by Gasteiger charge is 2.20. The number of carbonyl (C=O) groups is 1. The second-order valence-corrected chi connectivity index (χ2v) is 4.02. The lowest BCUT2D eigenvalue weighted by atomic mass is 10.2. The van der Waals surface area contributed by atoms with Gasteiger partial charge in [0, 0.05) is 7.11 Å². The molecule has 3 unspecified atom stereocenters. The summed E-state index contributed by atoms with van der Waals surface area (Å²) in [5.41, 5.74) is 0.188. The number of carbonyl (C=O) groups excluding carboxylic acids is 1. The minimum Gasteiger partial charge on any atom is -0.435 e. The van der Waals surface area contributed by atoms with Crippen molar-refractivity contribution in [3.8, 4) is 0 Å². The largest absolute Gasteiger partial charge is 0.435 e. The van der Waals surface area contributed by atoms with Gasteiger partial charge in [0.25, 0.3) is 0 Å². The smallest absolute Gasteiger partial charge is 0.338 e. The first-order valence-electron chi connectivity index (χ1n) is 6.30. The highest BCUT2D eigenvalue weighted by atomic mass is 16.8. The van der Waals surface area contributed by atoms with Crippen LogP contribution in [0.1, 0.15) is 20.8 Å². The second-order valence-electron chi connectivity index (χ2n) is 4.02. The summed E-state index contributed by atoms with van der Waals surface area (Å²) in [5.74, 6) is -0.575. The Labute approximate surface area is 120 Å². The topological polar surface area (TPSA) is 63.2 Å². The molecule has 0 heterocycles. The molecule has 6 heteroatoms. The molecule has 6 nitrogen and oxygen atoms in total. The highest BCUT2D eigenvalue weighted by Crippen LogP contribution is 2.11. The predicted octanol–water partition coefficient (Wildman–Crippen LogP) is 2.01. The van der Waals surface area contributed by atoms with Gasteiger partial charge in [-0.1, -0.05) is 12.7 Å². The summed E-state index contributed by atoms with van der Waals surface area (Å²) in [5, 5.41) is 0. The molecule has 0 saturated carbocycles. The summed E-state index contributed by atoms with van der Waals surface area (Å²) in [4.78, 5) is 11.6. The standard InChI is InChI=1S/C14H24O6/c1-7-8-17-9-18-14(15)10(2)11(3)19-13(5)20-12(4)16-6/h7,11-13H,1-2,8-9H2,3-6H3. The molecule has 0 aliphatic rings. The van der Waals surface area contributed by atoms with Crippen LogP contribution in [-0.2, 0) is 28.5 Å². The Kier molecular flexibility index (Phi) is 9.92. The van der Waals surface area contributed by atoms with Crippen LogP contribution in [0.5, 0.6) is 0 Å². The van der Waals surface area contributed by atoms with E-state index in [4.69, 9.17) is 23.7 Å². The van der Waals surface area contributed by atoms with Gasteiger partial charge >= 0.3 is 5.97 Å². The zero-order chi connectivity index (χ0) is 15.5. The van der Waals surface area contributed by atoms with E-state index in [0.29, 0.717) is 6.61 Å². The maximum atomic E-state index is 11.6. The van der Waals surface area contributed by atoms with Gasteiger partial charge < -0.3 is 23.7 Å². The van der Waals surface area contributed by atoms with Crippen LogP contribution in [0.3, 0.4) is 0 Å². The molecule has 116 valence electrons. The van der Waals surface area contributed by atoms with Crippen LogP contribution >= 0.6 is 0 Å². The first kappa shape index (κ1) is 18.8. The van der Waals surface area contributed by atoms with Crippen molar-refractivity contribution in [1.82, 2.24) is 0 Å². The van der Waals surface area contributed by atoms with Crippen molar-refractivity contribution >= 4 is 5.97 Å². The van der Waals surface area contributed by atoms with Crippen LogP contribution in [0.2, 0.25) is 0 Å². The highest BCUT2D eigenvalue weighted by molar-refractivity contribution is 5.88. The zero-order valence-electron chi connectivity index (χ0n) is 12.6. The SMILES string of the molecule is C=CCOCOC(=O)C(=C)C(C)OC(C)OC(C)OC. The van der Waals surface area contributed by atoms with Crippen molar-refractivity contribution in [2.75, 3.05) is 20.5 Å². The van der Waals surface area contributed by atoms with Gasteiger partial charge in [0.05, 0.1) is 18.3 Å². The number of hydrogen-bond acceptors (Lipinski definition) is 6. The Morgan fingerprint density at radius 1 is 1.20 bits per heavy atom. The summed E-state index contributed by atoms with van der Waals surface area (Å²) < 4.78 is 25.6. The van der Waals surface area contributed by atoms with E-state index < -0.39 is 24.7 Å². The van der Waals surface area contributed by atoms with E-state index in [1.807, 2.05) is 0 Å². The molecular weight excluding hydrogens is 264 g/mol. The van der Waals surface area contributed by atoms with E-state index in [1.54, 1.807) is 26.8 Å². The molecule has 0 amide bonds. The van der Waals surface area contributed by atoms with Crippen LogP contribution < -0.4 is 0 Å². The molecular formula is C14H24O6. The lowest BCUT2D eigenvalue weighted by molar-refractivity contribution is -0.231. The van der Waals surface area contributed by atoms with Gasteiger partial charge in [0.15, 0.2) is 19.4 Å². The maximum Gasteiger partial charge on any atom is 0.338 e. The molecule has 0 rings (SSSR count). The Hall–Kier alpha value is -1.21. The number of ether oxygens (including phenoxy) is 5. The third kappa shape index (κ3) is 8.06. The molecule has 20 heavy (non-hydrogen) atoms. The third-order valence-electron chi connectivity index (χ3n) is 2.37. The molecule has 3 atom stereocenters. The average molecular weight is 288 g/mol. The quantitative estimate of drug-likeness (QED) is 0.190. The number of esters is 1. The van der Waals surface area contributed by atoms with Gasteiger partial charge in [-0.15, -0.1) is 6.58 Å². The lowest BCUT2D eigenvalue weighted by Crippen LogP contribution is -2.28. The summed E-state index contributed by atoms with van der Waals surface area (Å²) in [6, 6.07) is 0. The van der Waals surface area contributed by atoms with Crippen LogP contribution in [0, 0.1) is 0 Å². The molecule has 0 aliphatic carbocycles. The molecule has 0 aromatic rings. The van der Waals surface area contributed by atoms with Gasteiger partial charge in [0.2, 0.25) is 0 Å². The van der Waals surface area contributed by atoms with Crippen molar-refractivity contribution in [3.63, 3.8) is 0 Å². The van der Waals surface area contributed by atoms with Crippen LogP contribution in [0.25, 0.3) is 0 Å². The Morgan fingerprint density at radius 2 is 1.85 bits per heavy atom. The van der Waals surface area contributed by atoms with Gasteiger partial charge in [0.1, 0.15) is 0 Å². The minimum absolute atomic E-state index is 0.149. The molecule has 0 saturated heterocycles. The van der Waals surface area contributed by atoms with E-state index in [0.717, 1.165) is 0 Å². The first-order valence-corrected chi connectivity index (χ1v) is 6.30. The van der Waals surface area contributed by atoms with E-state index in [9.17, 15) is 4.79 Å². The van der Waals surface area contributed by atoms with Crippen LogP contribution in [-0.4, -0.2) is 45.2 Å². The minimum atomic E-state index is -0.575. The van der Waals surface area contributed by atoms with Gasteiger partial charge in [-0.25, -0.2) is 4.79 Å². The normalized spacial score (nSPS) is 15.2. The van der Waals surface area contributed by atoms with Gasteiger partial charge in [-0.2, -0.15) is 0 Å². The number of hydrogen-bond donors (Lipinski definition) is 0. The summed E-state index contributed by atoms with van der Waals surface area (Å²) in [7, 11) is 1.53. The second kappa shape index (κ2) is 10.6. The molecule has 0 fully saturated rings. The summed E-state index contributed by atoms with van der Waals surface area (Å²) >= 11 is 0. The summed E-state index contributed by atoms with van der Waals surface area (Å²) in [6.45, 7) is 12.4. The average Bonchev–Trinajstić information content (AvgIpc) is 2.41. The molecule has 0 bridgehead atoms. The first-order chi connectivity index (χ1) is 9.42. The monoisotopic (exact) mass is 288 g/mol. The Bertz CT molecular complexity index is 315. The van der Waals surface area contributed by atoms with E-state index in [1.165, 1.54) is 7.11 Å². The molecule has 0 N–H and O–H groups in total. The molecule has 0 aromatic carbocycles. The predicted molar refractivity (Wildman–Crippen MR) is 73.8 cm³/mol. The Balaban J connectivity index is 4.06. The number of rotatable bonds is 11. The fourth-order valence-electron chi connectivity index (χ4n) is 1.21. The zero-order valence-corrected chi connectivity index (χ0v) is 12.6. The van der Waals surface area contributed by atoms with Crippen molar-refractivity contribution < 1.29 is 28.5 Å². The number of methoxy groups -OCH3 is 1. The van der Waals surface area contributed by atoms with Crippen molar-refractivity contribution in [2.45, 2.75) is 39.5 Å². The Morgan fingerprint density at radius 3 is 2.40 bits per heavy atom. The summed E-state index contributed by atoms with van der Waals surface area (Å²) in [6.07, 6.45) is 0.0805. The van der Waals surface area contributed by atoms with Crippen molar-refractivity contribution in [2.24, 2.45) is 0 Å². The molecule has 0 radical (unpaired) electrons. The van der Waals surface area contributed by atoms with Gasteiger partial charge in [-0.05, 0) is 20.8 Å². The van der Waals surface area contributed by atoms with Crippen LogP contribution in [0.15, 0.2) is 24.8 Å². The van der Waals surface area contributed by atoms with E-state index in [-0.39, 0.29) is 12.4 Å². The molecule has 0 aliphatic heterocycles. The van der Waals surface area contributed by atoms with Crippen LogP contribution in [0.4, 0.5) is 0 Å². The fraction of sp³-hybridized carbons (Fsp3) is 0.643. The maximum absolute atomic E-state index is 11.6. The fourth-order valence-corrected chi connectivity index (χ4v) is 1.21. The molecule has 0 aromatic heterocycles. The van der Waals surface area contributed by atoms with E-state index in [2.05, 4.69) is 13.2 Å². The van der Waals surface area contributed by atoms with Gasteiger partial charge in [-0.3, -0.25) is 0 Å². The lowest BCUT2D eigenvalue weighted by Gasteiger charge is -2.22. The van der Waals surface area contributed by atoms with E-state index >= 15 is 0 Å². The van der Waals surface area contributed by atoms with Crippen molar-refractivity contribution in [1.29, 1.82) is 0 Å². The van der Waals surface area contributed by atoms with Crippen molar-refractivity contribution in [3.05, 3.63) is 24.8 Å².